The summed E-state index contributed by atoms with van der Waals surface area (Å²) in [5.41, 5.74) is 10.5. The van der Waals surface area contributed by atoms with Crippen molar-refractivity contribution < 1.29 is 42.7 Å². The quantitative estimate of drug-likeness (QED) is 0.0336. The van der Waals surface area contributed by atoms with Gasteiger partial charge >= 0.3 is 0 Å². The molecule has 2 amide bonds. The summed E-state index contributed by atoms with van der Waals surface area (Å²) < 4.78 is 44.1. The van der Waals surface area contributed by atoms with Crippen molar-refractivity contribution >= 4 is 52.7 Å². The lowest BCUT2D eigenvalue weighted by atomic mass is 9.75. The first-order chi connectivity index (χ1) is 46.6. The molecule has 0 saturated carbocycles. The van der Waals surface area contributed by atoms with Gasteiger partial charge in [-0.25, -0.2) is 5.01 Å². The van der Waals surface area contributed by atoms with E-state index >= 15 is 0 Å². The van der Waals surface area contributed by atoms with Crippen molar-refractivity contribution in [1.29, 1.82) is 0 Å². The van der Waals surface area contributed by atoms with Crippen LogP contribution in [0, 0.1) is 0 Å². The minimum atomic E-state index is -1.13. The number of para-hydroxylation sites is 2. The van der Waals surface area contributed by atoms with Crippen molar-refractivity contribution in [2.24, 2.45) is 10.1 Å². The Hall–Kier alpha value is -9.68. The maximum Gasteiger partial charge on any atom is 0.275 e. The van der Waals surface area contributed by atoms with Gasteiger partial charge in [-0.2, -0.15) is 5.10 Å². The SMILES string of the molecule is CCN(CC)c1ccc2c(c1)Oc1cc(N(CC)CC)c(N=Cc3ccccc3OCCOCCOCCOCCOc3ccccc3/C=N/N3C(=O)c4ccccc4C34c3ccc(N(CC)CC)cc3Oc3cc(N(CC)CC)ccc34)cc1C21NC(=O)c2ccccc21. The first-order valence-corrected chi connectivity index (χ1v) is 33.7. The maximum atomic E-state index is 14.9. The molecule has 17 nitrogen and oxygen atoms in total. The smallest absolute Gasteiger partial charge is 0.275 e. The zero-order valence-electron chi connectivity index (χ0n) is 55.9. The van der Waals surface area contributed by atoms with Gasteiger partial charge in [0.05, 0.1) is 57.2 Å². The molecule has 2 spiro atoms. The van der Waals surface area contributed by atoms with Gasteiger partial charge in [0, 0.05) is 150 Å². The number of ether oxygens (including phenoxy) is 7. The molecule has 1 unspecified atom stereocenters. The van der Waals surface area contributed by atoms with Crippen molar-refractivity contribution in [2.45, 2.75) is 66.5 Å². The number of nitrogens with zero attached hydrogens (tertiary/aromatic N) is 7. The van der Waals surface area contributed by atoms with Crippen molar-refractivity contribution in [1.82, 2.24) is 10.3 Å². The van der Waals surface area contributed by atoms with E-state index in [4.69, 9.17) is 43.3 Å². The van der Waals surface area contributed by atoms with Crippen LogP contribution < -0.4 is 43.9 Å². The van der Waals surface area contributed by atoms with Crippen LogP contribution in [-0.4, -0.2) is 134 Å². The largest absolute Gasteiger partial charge is 0.491 e. The van der Waals surface area contributed by atoms with Gasteiger partial charge in [0.2, 0.25) is 0 Å². The third-order valence-corrected chi connectivity index (χ3v) is 18.6. The van der Waals surface area contributed by atoms with Crippen LogP contribution in [0.25, 0.3) is 0 Å². The molecule has 12 rings (SSSR count). The van der Waals surface area contributed by atoms with Gasteiger partial charge in [-0.15, -0.1) is 0 Å². The molecule has 1 N–H and O–H groups in total. The number of hydrogen-bond acceptors (Lipinski definition) is 15. The number of benzene rings is 8. The molecule has 0 aliphatic carbocycles. The van der Waals surface area contributed by atoms with Gasteiger partial charge < -0.3 is 58.1 Å². The summed E-state index contributed by atoms with van der Waals surface area (Å²) in [7, 11) is 0. The Morgan fingerprint density at radius 3 is 1.39 bits per heavy atom. The highest BCUT2D eigenvalue weighted by atomic mass is 16.6. The fourth-order valence-electron chi connectivity index (χ4n) is 13.9. The van der Waals surface area contributed by atoms with Gasteiger partial charge in [-0.1, -0.05) is 78.9 Å². The molecule has 0 fully saturated rings. The molecule has 0 aromatic heterocycles. The van der Waals surface area contributed by atoms with Crippen molar-refractivity contribution in [3.8, 4) is 34.5 Å². The Morgan fingerprint density at radius 1 is 0.432 bits per heavy atom. The van der Waals surface area contributed by atoms with Gasteiger partial charge in [-0.3, -0.25) is 14.6 Å². The first-order valence-electron chi connectivity index (χ1n) is 33.7. The van der Waals surface area contributed by atoms with Crippen LogP contribution in [0.15, 0.2) is 174 Å². The molecule has 0 saturated heterocycles. The van der Waals surface area contributed by atoms with E-state index in [-0.39, 0.29) is 18.4 Å². The first kappa shape index (κ1) is 65.4. The Morgan fingerprint density at radius 2 is 0.863 bits per heavy atom. The third kappa shape index (κ3) is 12.4. The summed E-state index contributed by atoms with van der Waals surface area (Å²) in [5, 5.41) is 10.2. The molecule has 8 aromatic carbocycles. The lowest BCUT2D eigenvalue weighted by molar-refractivity contribution is 0.00498. The number of hydrazone groups is 1. The molecule has 1 atom stereocenters. The summed E-state index contributed by atoms with van der Waals surface area (Å²) in [4.78, 5) is 43.1. The number of aliphatic imine (C=N–C) groups is 1. The molecule has 8 aromatic rings. The van der Waals surface area contributed by atoms with Crippen LogP contribution in [0.5, 0.6) is 34.5 Å². The summed E-state index contributed by atoms with van der Waals surface area (Å²) >= 11 is 0. The summed E-state index contributed by atoms with van der Waals surface area (Å²) in [5.74, 6) is 3.67. The number of carbonyl (C=O) groups is 2. The highest BCUT2D eigenvalue weighted by Gasteiger charge is 2.57. The second-order valence-electron chi connectivity index (χ2n) is 23.5. The minimum Gasteiger partial charge on any atom is -0.491 e. The zero-order chi connectivity index (χ0) is 66.1. The number of carbonyl (C=O) groups excluding carboxylic acids is 2. The monoisotopic (exact) mass is 1280 g/mol. The molecule has 492 valence electrons. The fourth-order valence-corrected chi connectivity index (χ4v) is 13.9. The summed E-state index contributed by atoms with van der Waals surface area (Å²) in [6.45, 7) is 26.5. The topological polar surface area (TPSA) is 152 Å². The van der Waals surface area contributed by atoms with Gasteiger partial charge in [0.1, 0.15) is 58.8 Å². The van der Waals surface area contributed by atoms with Gasteiger partial charge in [0.25, 0.3) is 11.8 Å². The predicted octanol–water partition coefficient (Wildman–Crippen LogP) is 14.4. The zero-order valence-corrected chi connectivity index (χ0v) is 55.9. The Bertz CT molecular complexity index is 4060. The van der Waals surface area contributed by atoms with E-state index in [0.29, 0.717) is 97.4 Å². The van der Waals surface area contributed by atoms with Crippen LogP contribution in [0.4, 0.5) is 28.4 Å². The Kier molecular flexibility index (Phi) is 20.2. The average Bonchev–Trinajstić information content (AvgIpc) is 1.60. The maximum absolute atomic E-state index is 14.9. The number of rotatable bonds is 30. The fraction of sp³-hybridized carbons (Fsp3) is 0.333. The number of anilines is 4. The van der Waals surface area contributed by atoms with Crippen LogP contribution in [0.3, 0.4) is 0 Å². The molecule has 0 radical (unpaired) electrons. The lowest BCUT2D eigenvalue weighted by Crippen LogP contribution is -2.44. The molecule has 95 heavy (non-hydrogen) atoms. The van der Waals surface area contributed by atoms with E-state index in [0.717, 1.165) is 120 Å². The van der Waals surface area contributed by atoms with E-state index in [1.165, 1.54) is 0 Å². The van der Waals surface area contributed by atoms with Gasteiger partial charge in [0.15, 0.2) is 0 Å². The van der Waals surface area contributed by atoms with E-state index in [1.807, 2.05) is 103 Å². The predicted molar refractivity (Wildman–Crippen MR) is 378 cm³/mol. The number of nitrogens with one attached hydrogen (secondary N) is 1. The van der Waals surface area contributed by atoms with Gasteiger partial charge in [-0.05, 0) is 122 Å². The lowest BCUT2D eigenvalue weighted by Gasteiger charge is -2.42. The van der Waals surface area contributed by atoms with E-state index < -0.39 is 11.1 Å². The normalized spacial score (nSPS) is 15.2. The van der Waals surface area contributed by atoms with E-state index in [1.54, 1.807) is 11.2 Å². The summed E-state index contributed by atoms with van der Waals surface area (Å²) in [6, 6.07) is 54.2. The number of hydrogen-bond donors (Lipinski definition) is 1. The highest BCUT2D eigenvalue weighted by molar-refractivity contribution is 6.04. The second kappa shape index (κ2) is 29.3. The molecular formula is C78H86N8O9. The van der Waals surface area contributed by atoms with E-state index in [9.17, 15) is 9.59 Å². The minimum absolute atomic E-state index is 0.135. The average molecular weight is 1280 g/mol. The van der Waals surface area contributed by atoms with E-state index in [2.05, 4.69) is 147 Å². The van der Waals surface area contributed by atoms with Crippen LogP contribution >= 0.6 is 0 Å². The third-order valence-electron chi connectivity index (χ3n) is 18.6. The Labute approximate surface area is 558 Å². The number of fused-ring (bicyclic) bond motifs is 12. The Balaban J connectivity index is 0.645. The standard InChI is InChI=1S/C78H86N8O9/c1-9-82(10-2)56-33-36-63-71(47-56)94-74-51-68(85(15-7)16-8)67(50-66(74)77(63)61-29-21-19-27-59(61)75(87)81-77)79-52-54-25-17-23-31-69(54)92-45-43-90-41-39-89-40-42-91-44-46-93-70-32-24-18-26-55(70)53-80-86-76(88)60-28-20-22-30-62(60)78(86)64-37-34-57(83(11-3)12-4)48-72(64)95-73-49-58(35-38-65(73)78)84(13-5)14-6/h17-38,47-53H,9-16,39-46H2,1-8H3,(H,81,87)/b79-52?,80-53+. The number of amides is 2. The summed E-state index contributed by atoms with van der Waals surface area (Å²) in [6.07, 6.45) is 3.56. The highest BCUT2D eigenvalue weighted by Crippen LogP contribution is 2.59. The van der Waals surface area contributed by atoms with Crippen LogP contribution in [0.1, 0.15) is 121 Å². The molecular weight excluding hydrogens is 1190 g/mol. The van der Waals surface area contributed by atoms with Crippen LogP contribution in [0.2, 0.25) is 0 Å². The second-order valence-corrected chi connectivity index (χ2v) is 23.5. The van der Waals surface area contributed by atoms with Crippen LogP contribution in [-0.2, 0) is 25.3 Å². The van der Waals surface area contributed by atoms with Crippen molar-refractivity contribution in [3.05, 3.63) is 219 Å². The molecule has 4 heterocycles. The molecule has 4 aliphatic rings. The van der Waals surface area contributed by atoms with Crippen molar-refractivity contribution in [3.63, 3.8) is 0 Å². The molecule has 17 heteroatoms. The van der Waals surface area contributed by atoms with Crippen molar-refractivity contribution in [2.75, 3.05) is 125 Å². The molecule has 0 bridgehead atoms. The molecule has 4 aliphatic heterocycles.